The average Bonchev–Trinajstić information content (AvgIpc) is 2.99. The molecule has 2 aliphatic heterocycles. The minimum Gasteiger partial charge on any atom is -0.462 e. The minimum atomic E-state index is -0.395. The topological polar surface area (TPSA) is 68.8 Å². The Kier molecular flexibility index (Phi) is 4.62. The molecule has 0 aromatic heterocycles. The number of carbonyl (C=O) groups is 1. The van der Waals surface area contributed by atoms with Crippen molar-refractivity contribution >= 4 is 23.3 Å². The zero-order chi connectivity index (χ0) is 17.3. The first-order chi connectivity index (χ1) is 11.5. The van der Waals surface area contributed by atoms with Crippen LogP contribution >= 0.6 is 12.2 Å². The molecule has 3 rings (SSSR count). The zero-order valence-electron chi connectivity index (χ0n) is 13.8. The van der Waals surface area contributed by atoms with Crippen LogP contribution in [0.25, 0.3) is 0 Å². The van der Waals surface area contributed by atoms with Gasteiger partial charge in [-0.15, -0.1) is 0 Å². The summed E-state index contributed by atoms with van der Waals surface area (Å²) < 4.78 is 16.2. The van der Waals surface area contributed by atoms with Crippen molar-refractivity contribution in [3.8, 4) is 11.5 Å². The number of allylic oxidation sites excluding steroid dienone is 1. The van der Waals surface area contributed by atoms with Crippen LogP contribution in [-0.2, 0) is 9.53 Å². The van der Waals surface area contributed by atoms with Crippen LogP contribution < -0.4 is 20.1 Å². The van der Waals surface area contributed by atoms with Gasteiger partial charge < -0.3 is 24.8 Å². The molecule has 0 radical (unpaired) electrons. The van der Waals surface area contributed by atoms with Crippen LogP contribution in [0.5, 0.6) is 11.5 Å². The van der Waals surface area contributed by atoms with Gasteiger partial charge in [-0.05, 0) is 42.8 Å². The number of thiocarbonyl (C=S) groups is 1. The Labute approximate surface area is 146 Å². The van der Waals surface area contributed by atoms with Crippen molar-refractivity contribution in [2.45, 2.75) is 26.8 Å². The summed E-state index contributed by atoms with van der Waals surface area (Å²) in [5.74, 6) is 1.27. The number of nitrogens with one attached hydrogen (secondary N) is 2. The number of carbonyl (C=O) groups excluding carboxylic acids is 1. The molecule has 1 unspecified atom stereocenters. The molecule has 128 valence electrons. The standard InChI is InChI=1S/C17H20N2O4S/c1-9(2)7-21-16(20)14-10(3)18-17(24)19-15(14)11-4-5-12-13(6-11)23-8-22-12/h4-6,9,15H,7-8H2,1-3H3,(H2,18,19,24). The van der Waals surface area contributed by atoms with Crippen molar-refractivity contribution in [2.75, 3.05) is 13.4 Å². The molecule has 1 aromatic carbocycles. The van der Waals surface area contributed by atoms with Gasteiger partial charge in [-0.1, -0.05) is 19.9 Å². The van der Waals surface area contributed by atoms with Crippen LogP contribution in [0.4, 0.5) is 0 Å². The average molecular weight is 348 g/mol. The van der Waals surface area contributed by atoms with E-state index in [1.165, 1.54) is 0 Å². The molecule has 0 spiro atoms. The highest BCUT2D eigenvalue weighted by Gasteiger charge is 2.32. The lowest BCUT2D eigenvalue weighted by Crippen LogP contribution is -2.45. The van der Waals surface area contributed by atoms with Crippen molar-refractivity contribution in [3.63, 3.8) is 0 Å². The van der Waals surface area contributed by atoms with Gasteiger partial charge in [0.15, 0.2) is 16.6 Å². The summed E-state index contributed by atoms with van der Waals surface area (Å²) in [7, 11) is 0. The third-order valence-electron chi connectivity index (χ3n) is 3.77. The SMILES string of the molecule is CC1=C(C(=O)OCC(C)C)C(c2ccc3c(c2)OCO3)NC(=S)N1. The summed E-state index contributed by atoms with van der Waals surface area (Å²) in [6.07, 6.45) is 0. The lowest BCUT2D eigenvalue weighted by molar-refractivity contribution is -0.140. The molecule has 1 atom stereocenters. The summed E-state index contributed by atoms with van der Waals surface area (Å²) in [5.41, 5.74) is 2.07. The Hall–Kier alpha value is -2.28. The predicted molar refractivity (Wildman–Crippen MR) is 92.7 cm³/mol. The van der Waals surface area contributed by atoms with Gasteiger partial charge in [0, 0.05) is 5.70 Å². The zero-order valence-corrected chi connectivity index (χ0v) is 14.7. The number of rotatable bonds is 4. The first-order valence-electron chi connectivity index (χ1n) is 7.80. The van der Waals surface area contributed by atoms with Gasteiger partial charge in [0.25, 0.3) is 0 Å². The Morgan fingerprint density at radius 2 is 2.12 bits per heavy atom. The van der Waals surface area contributed by atoms with Crippen molar-refractivity contribution in [3.05, 3.63) is 35.0 Å². The molecular weight excluding hydrogens is 328 g/mol. The molecule has 6 nitrogen and oxygen atoms in total. The summed E-state index contributed by atoms with van der Waals surface area (Å²) in [6, 6.07) is 5.18. The molecule has 7 heteroatoms. The molecule has 0 saturated heterocycles. The molecule has 0 fully saturated rings. The highest BCUT2D eigenvalue weighted by atomic mass is 32.1. The van der Waals surface area contributed by atoms with Crippen LogP contribution in [-0.4, -0.2) is 24.5 Å². The number of hydrogen-bond acceptors (Lipinski definition) is 5. The fourth-order valence-corrected chi connectivity index (χ4v) is 2.90. The molecule has 0 saturated carbocycles. The van der Waals surface area contributed by atoms with Crippen molar-refractivity contribution in [1.29, 1.82) is 0 Å². The van der Waals surface area contributed by atoms with Gasteiger partial charge >= 0.3 is 5.97 Å². The third kappa shape index (κ3) is 3.31. The van der Waals surface area contributed by atoms with E-state index in [1.807, 2.05) is 39.0 Å². The second-order valence-corrected chi connectivity index (χ2v) is 6.58. The summed E-state index contributed by atoms with van der Waals surface area (Å²) >= 11 is 5.24. The number of ether oxygens (including phenoxy) is 3. The molecule has 2 aliphatic rings. The van der Waals surface area contributed by atoms with Crippen LogP contribution in [0.15, 0.2) is 29.5 Å². The second-order valence-electron chi connectivity index (χ2n) is 6.18. The van der Waals surface area contributed by atoms with Crippen molar-refractivity contribution in [1.82, 2.24) is 10.6 Å². The molecule has 2 heterocycles. The molecule has 2 N–H and O–H groups in total. The van der Waals surface area contributed by atoms with Crippen LogP contribution in [0.1, 0.15) is 32.4 Å². The van der Waals surface area contributed by atoms with E-state index in [2.05, 4.69) is 10.6 Å². The first kappa shape index (κ1) is 16.6. The van der Waals surface area contributed by atoms with Gasteiger partial charge in [0.1, 0.15) is 0 Å². The monoisotopic (exact) mass is 348 g/mol. The quantitative estimate of drug-likeness (QED) is 0.640. The Bertz CT molecular complexity index is 715. The lowest BCUT2D eigenvalue weighted by atomic mass is 9.95. The number of benzene rings is 1. The van der Waals surface area contributed by atoms with Gasteiger partial charge in [-0.3, -0.25) is 0 Å². The highest BCUT2D eigenvalue weighted by Crippen LogP contribution is 2.37. The minimum absolute atomic E-state index is 0.203. The Morgan fingerprint density at radius 3 is 2.88 bits per heavy atom. The summed E-state index contributed by atoms with van der Waals surface area (Å²) in [4.78, 5) is 12.6. The van der Waals surface area contributed by atoms with E-state index < -0.39 is 6.04 Å². The molecular formula is C17H20N2O4S. The van der Waals surface area contributed by atoms with E-state index >= 15 is 0 Å². The smallest absolute Gasteiger partial charge is 0.338 e. The molecule has 24 heavy (non-hydrogen) atoms. The normalized spacial score (nSPS) is 19.2. The summed E-state index contributed by atoms with van der Waals surface area (Å²) in [5, 5.41) is 6.60. The maximum Gasteiger partial charge on any atom is 0.338 e. The largest absolute Gasteiger partial charge is 0.462 e. The lowest BCUT2D eigenvalue weighted by Gasteiger charge is -2.30. The second kappa shape index (κ2) is 6.68. The van der Waals surface area contributed by atoms with Crippen LogP contribution in [0, 0.1) is 5.92 Å². The van der Waals surface area contributed by atoms with Gasteiger partial charge in [0.05, 0.1) is 18.2 Å². The fourth-order valence-electron chi connectivity index (χ4n) is 2.63. The van der Waals surface area contributed by atoms with Gasteiger partial charge in [0.2, 0.25) is 6.79 Å². The van der Waals surface area contributed by atoms with E-state index in [0.717, 1.165) is 5.56 Å². The third-order valence-corrected chi connectivity index (χ3v) is 3.99. The van der Waals surface area contributed by atoms with E-state index in [4.69, 9.17) is 26.4 Å². The van der Waals surface area contributed by atoms with Crippen LogP contribution in [0.3, 0.4) is 0 Å². The number of fused-ring (bicyclic) bond motifs is 1. The Balaban J connectivity index is 1.92. The van der Waals surface area contributed by atoms with E-state index in [0.29, 0.717) is 34.5 Å². The fraction of sp³-hybridized carbons (Fsp3) is 0.412. The van der Waals surface area contributed by atoms with Crippen molar-refractivity contribution < 1.29 is 19.0 Å². The van der Waals surface area contributed by atoms with Gasteiger partial charge in [-0.25, -0.2) is 4.79 Å². The maximum absolute atomic E-state index is 12.6. The number of esters is 1. The van der Waals surface area contributed by atoms with E-state index in [9.17, 15) is 4.79 Å². The Morgan fingerprint density at radius 1 is 1.38 bits per heavy atom. The number of hydrogen-bond donors (Lipinski definition) is 2. The van der Waals surface area contributed by atoms with E-state index in [-0.39, 0.29) is 18.7 Å². The maximum atomic E-state index is 12.6. The molecule has 0 aliphatic carbocycles. The molecule has 1 aromatic rings. The van der Waals surface area contributed by atoms with Crippen LogP contribution in [0.2, 0.25) is 0 Å². The van der Waals surface area contributed by atoms with Gasteiger partial charge in [-0.2, -0.15) is 0 Å². The first-order valence-corrected chi connectivity index (χ1v) is 8.21. The predicted octanol–water partition coefficient (Wildman–Crippen LogP) is 2.41. The molecule has 0 amide bonds. The van der Waals surface area contributed by atoms with E-state index in [1.54, 1.807) is 0 Å². The highest BCUT2D eigenvalue weighted by molar-refractivity contribution is 7.80. The molecule has 0 bridgehead atoms. The van der Waals surface area contributed by atoms with Crippen molar-refractivity contribution in [2.24, 2.45) is 5.92 Å². The summed E-state index contributed by atoms with van der Waals surface area (Å²) in [6.45, 7) is 6.38.